The van der Waals surface area contributed by atoms with Crippen LogP contribution in [-0.2, 0) is 13.1 Å². The molecule has 1 aromatic rings. The van der Waals surface area contributed by atoms with Crippen LogP contribution in [0.3, 0.4) is 0 Å². The van der Waals surface area contributed by atoms with Crippen molar-refractivity contribution in [2.24, 2.45) is 11.7 Å². The summed E-state index contributed by atoms with van der Waals surface area (Å²) in [5.74, 6) is 1.54. The maximum absolute atomic E-state index is 5.68. The van der Waals surface area contributed by atoms with Gasteiger partial charge >= 0.3 is 0 Å². The predicted molar refractivity (Wildman–Crippen MR) is 76.7 cm³/mol. The van der Waals surface area contributed by atoms with Gasteiger partial charge in [-0.2, -0.15) is 0 Å². The maximum atomic E-state index is 5.68. The normalized spacial score (nSPS) is 13.1. The van der Waals surface area contributed by atoms with Crippen molar-refractivity contribution >= 4 is 0 Å². The highest BCUT2D eigenvalue weighted by Crippen LogP contribution is 2.21. The molecule has 3 heteroatoms. The molecule has 0 saturated carbocycles. The summed E-state index contributed by atoms with van der Waals surface area (Å²) in [6, 6.07) is 6.84. The average molecular weight is 250 g/mol. The minimum absolute atomic E-state index is 0.516. The highest BCUT2D eigenvalue weighted by atomic mass is 16.5. The first-order valence-corrected chi connectivity index (χ1v) is 6.55. The monoisotopic (exact) mass is 250 g/mol. The molecular weight excluding hydrogens is 224 g/mol. The van der Waals surface area contributed by atoms with Gasteiger partial charge in [0.15, 0.2) is 0 Å². The molecule has 1 atom stereocenters. The minimum atomic E-state index is 0.516. The second-order valence-corrected chi connectivity index (χ2v) is 5.25. The Labute approximate surface area is 111 Å². The Kier molecular flexibility index (Phi) is 5.63. The second-order valence-electron chi connectivity index (χ2n) is 5.25. The number of nitrogens with two attached hydrogens (primary N) is 1. The van der Waals surface area contributed by atoms with E-state index in [9.17, 15) is 0 Å². The molecule has 0 radical (unpaired) electrons. The summed E-state index contributed by atoms with van der Waals surface area (Å²) in [7, 11) is 3.85. The van der Waals surface area contributed by atoms with Crippen LogP contribution in [0.4, 0.5) is 0 Å². The van der Waals surface area contributed by atoms with Crippen molar-refractivity contribution in [3.05, 3.63) is 29.3 Å². The Balaban J connectivity index is 2.79. The summed E-state index contributed by atoms with van der Waals surface area (Å²) in [5.41, 5.74) is 7.99. The third kappa shape index (κ3) is 3.72. The molecule has 0 aromatic heterocycles. The van der Waals surface area contributed by atoms with Crippen LogP contribution in [0.25, 0.3) is 0 Å². The highest BCUT2D eigenvalue weighted by Gasteiger charge is 2.13. The van der Waals surface area contributed by atoms with Crippen LogP contribution in [0.5, 0.6) is 5.75 Å². The molecule has 0 aliphatic heterocycles. The number of ether oxygens (including phenoxy) is 1. The fourth-order valence-electron chi connectivity index (χ4n) is 2.00. The van der Waals surface area contributed by atoms with Crippen LogP contribution >= 0.6 is 0 Å². The first-order chi connectivity index (χ1) is 8.49. The van der Waals surface area contributed by atoms with Crippen molar-refractivity contribution in [3.8, 4) is 5.75 Å². The number of methoxy groups -OCH3 is 1. The zero-order valence-corrected chi connectivity index (χ0v) is 12.2. The molecule has 0 spiro atoms. The molecule has 1 aromatic carbocycles. The Morgan fingerprint density at radius 3 is 2.44 bits per heavy atom. The molecule has 0 heterocycles. The summed E-state index contributed by atoms with van der Waals surface area (Å²) < 4.78 is 5.37. The Morgan fingerprint density at radius 2 is 1.94 bits per heavy atom. The van der Waals surface area contributed by atoms with Gasteiger partial charge in [0.05, 0.1) is 7.11 Å². The van der Waals surface area contributed by atoms with Crippen LogP contribution in [0.2, 0.25) is 0 Å². The lowest BCUT2D eigenvalue weighted by Gasteiger charge is -2.28. The van der Waals surface area contributed by atoms with Crippen molar-refractivity contribution in [2.75, 3.05) is 14.2 Å². The molecule has 18 heavy (non-hydrogen) atoms. The van der Waals surface area contributed by atoms with Gasteiger partial charge in [0.1, 0.15) is 5.75 Å². The molecule has 3 nitrogen and oxygen atoms in total. The average Bonchev–Trinajstić information content (AvgIpc) is 2.37. The molecule has 0 bridgehead atoms. The van der Waals surface area contributed by atoms with Crippen LogP contribution in [0, 0.1) is 5.92 Å². The van der Waals surface area contributed by atoms with Crippen LogP contribution in [0.1, 0.15) is 31.9 Å². The van der Waals surface area contributed by atoms with Crippen molar-refractivity contribution in [3.63, 3.8) is 0 Å². The fourth-order valence-corrected chi connectivity index (χ4v) is 2.00. The first-order valence-electron chi connectivity index (χ1n) is 6.55. The van der Waals surface area contributed by atoms with Gasteiger partial charge in [-0.3, -0.25) is 4.90 Å². The maximum Gasteiger partial charge on any atom is 0.123 e. The van der Waals surface area contributed by atoms with Crippen molar-refractivity contribution in [2.45, 2.75) is 39.9 Å². The van der Waals surface area contributed by atoms with Crippen molar-refractivity contribution in [1.29, 1.82) is 0 Å². The number of hydrogen-bond acceptors (Lipinski definition) is 3. The van der Waals surface area contributed by atoms with Gasteiger partial charge in [-0.05, 0) is 31.5 Å². The lowest BCUT2D eigenvalue weighted by molar-refractivity contribution is 0.200. The number of hydrogen-bond donors (Lipinski definition) is 1. The van der Waals surface area contributed by atoms with E-state index in [0.717, 1.165) is 17.9 Å². The molecule has 0 aliphatic rings. The molecule has 0 aliphatic carbocycles. The molecule has 0 saturated heterocycles. The van der Waals surface area contributed by atoms with Crippen LogP contribution in [0.15, 0.2) is 18.2 Å². The minimum Gasteiger partial charge on any atom is -0.496 e. The van der Waals surface area contributed by atoms with E-state index in [0.29, 0.717) is 18.5 Å². The van der Waals surface area contributed by atoms with Crippen molar-refractivity contribution in [1.82, 2.24) is 4.90 Å². The topological polar surface area (TPSA) is 38.5 Å². The quantitative estimate of drug-likeness (QED) is 0.843. The van der Waals surface area contributed by atoms with Crippen LogP contribution in [-0.4, -0.2) is 25.1 Å². The third-order valence-electron chi connectivity index (χ3n) is 3.66. The smallest absolute Gasteiger partial charge is 0.123 e. The highest BCUT2D eigenvalue weighted by molar-refractivity contribution is 5.37. The molecule has 2 N–H and O–H groups in total. The lowest BCUT2D eigenvalue weighted by Crippen LogP contribution is -2.32. The number of rotatable bonds is 6. The summed E-state index contributed by atoms with van der Waals surface area (Å²) in [6.07, 6.45) is 0. The van der Waals surface area contributed by atoms with E-state index in [2.05, 4.69) is 50.9 Å². The van der Waals surface area contributed by atoms with Gasteiger partial charge in [0, 0.05) is 24.7 Å². The zero-order chi connectivity index (χ0) is 13.7. The molecule has 102 valence electrons. The summed E-state index contributed by atoms with van der Waals surface area (Å²) >= 11 is 0. The van der Waals surface area contributed by atoms with E-state index in [1.54, 1.807) is 7.11 Å². The van der Waals surface area contributed by atoms with Gasteiger partial charge in [-0.15, -0.1) is 0 Å². The Bertz CT molecular complexity index is 377. The van der Waals surface area contributed by atoms with E-state index in [4.69, 9.17) is 10.5 Å². The molecule has 0 amide bonds. The summed E-state index contributed by atoms with van der Waals surface area (Å²) in [5, 5.41) is 0. The van der Waals surface area contributed by atoms with E-state index in [1.165, 1.54) is 5.56 Å². The molecule has 0 fully saturated rings. The van der Waals surface area contributed by atoms with E-state index in [-0.39, 0.29) is 0 Å². The van der Waals surface area contributed by atoms with E-state index < -0.39 is 0 Å². The molecule has 1 unspecified atom stereocenters. The number of benzene rings is 1. The zero-order valence-electron chi connectivity index (χ0n) is 12.2. The standard InChI is InChI=1S/C15H26N2O/c1-11(2)12(3)17(4)10-13-6-7-14(9-16)15(8-13)18-5/h6-8,11-12H,9-10,16H2,1-5H3. The van der Waals surface area contributed by atoms with Gasteiger partial charge in [-0.1, -0.05) is 26.0 Å². The first kappa shape index (κ1) is 15.0. The van der Waals surface area contributed by atoms with Crippen molar-refractivity contribution < 1.29 is 4.74 Å². The van der Waals surface area contributed by atoms with E-state index >= 15 is 0 Å². The van der Waals surface area contributed by atoms with Gasteiger partial charge in [0.2, 0.25) is 0 Å². The Hall–Kier alpha value is -1.06. The lowest BCUT2D eigenvalue weighted by atomic mass is 10.0. The molecular formula is C15H26N2O. The van der Waals surface area contributed by atoms with Gasteiger partial charge in [0.25, 0.3) is 0 Å². The van der Waals surface area contributed by atoms with Crippen LogP contribution < -0.4 is 10.5 Å². The van der Waals surface area contributed by atoms with E-state index in [1.807, 2.05) is 0 Å². The Morgan fingerprint density at radius 1 is 1.28 bits per heavy atom. The van der Waals surface area contributed by atoms with Gasteiger partial charge in [-0.25, -0.2) is 0 Å². The fraction of sp³-hybridized carbons (Fsp3) is 0.600. The molecule has 1 rings (SSSR count). The third-order valence-corrected chi connectivity index (χ3v) is 3.66. The summed E-state index contributed by atoms with van der Waals surface area (Å²) in [6.45, 7) is 8.21. The number of nitrogens with zero attached hydrogens (tertiary/aromatic N) is 1. The summed E-state index contributed by atoms with van der Waals surface area (Å²) in [4.78, 5) is 2.36. The predicted octanol–water partition coefficient (Wildman–Crippen LogP) is 2.63. The SMILES string of the molecule is COc1cc(CN(C)C(C)C(C)C)ccc1CN. The second kappa shape index (κ2) is 6.76. The largest absolute Gasteiger partial charge is 0.496 e. The van der Waals surface area contributed by atoms with Gasteiger partial charge < -0.3 is 10.5 Å².